The maximum Gasteiger partial charge on any atom is 0.228 e. The van der Waals surface area contributed by atoms with Crippen LogP contribution < -0.4 is 25.3 Å². The molecule has 0 spiro atoms. The van der Waals surface area contributed by atoms with Gasteiger partial charge in [0, 0.05) is 11.6 Å². The highest BCUT2D eigenvalue weighted by Gasteiger charge is 2.44. The number of ether oxygens (including phenoxy) is 3. The Hall–Kier alpha value is -2.60. The van der Waals surface area contributed by atoms with Gasteiger partial charge in [-0.3, -0.25) is 4.79 Å². The van der Waals surface area contributed by atoms with E-state index in [1.807, 2.05) is 18.2 Å². The van der Waals surface area contributed by atoms with Crippen molar-refractivity contribution in [3.8, 4) is 17.2 Å². The highest BCUT2D eigenvalue weighted by molar-refractivity contribution is 5.95. The summed E-state index contributed by atoms with van der Waals surface area (Å²) in [5, 5.41) is 2.93. The second-order valence-electron chi connectivity index (χ2n) is 6.30. The average Bonchev–Trinajstić information content (AvgIpc) is 3.42. The molecule has 2 aromatic rings. The summed E-state index contributed by atoms with van der Waals surface area (Å²) < 4.78 is 16.3. The zero-order chi connectivity index (χ0) is 17.4. The molecule has 1 fully saturated rings. The van der Waals surface area contributed by atoms with Crippen LogP contribution in [0.5, 0.6) is 17.2 Å². The van der Waals surface area contributed by atoms with E-state index in [1.54, 1.807) is 25.3 Å². The van der Waals surface area contributed by atoms with Crippen molar-refractivity contribution in [2.45, 2.75) is 12.3 Å². The number of halogens is 1. The number of anilines is 2. The van der Waals surface area contributed by atoms with Crippen LogP contribution >= 0.6 is 12.4 Å². The molecular formula is C19H21ClN2O4. The van der Waals surface area contributed by atoms with Crippen molar-refractivity contribution in [1.82, 2.24) is 0 Å². The summed E-state index contributed by atoms with van der Waals surface area (Å²) in [6, 6.07) is 11.2. The van der Waals surface area contributed by atoms with E-state index < -0.39 is 0 Å². The maximum absolute atomic E-state index is 12.5. The summed E-state index contributed by atoms with van der Waals surface area (Å²) in [6.45, 7) is 1.13. The van der Waals surface area contributed by atoms with Crippen LogP contribution in [0, 0.1) is 5.92 Å². The van der Waals surface area contributed by atoms with E-state index in [9.17, 15) is 4.79 Å². The maximum atomic E-state index is 12.5. The van der Waals surface area contributed by atoms with Crippen LogP contribution in [0.15, 0.2) is 36.4 Å². The van der Waals surface area contributed by atoms with E-state index in [4.69, 9.17) is 19.9 Å². The van der Waals surface area contributed by atoms with Crippen LogP contribution in [-0.4, -0.2) is 26.2 Å². The molecule has 0 bridgehead atoms. The zero-order valence-electron chi connectivity index (χ0n) is 14.4. The lowest BCUT2D eigenvalue weighted by atomic mass is 10.1. The van der Waals surface area contributed by atoms with Crippen molar-refractivity contribution in [2.75, 3.05) is 31.4 Å². The third-order valence-electron chi connectivity index (χ3n) is 4.62. The SMILES string of the molecule is COc1ccc(NC(=O)C2CC2c2ccc3c(c2)OCCO3)cc1N.Cl. The number of nitrogens with two attached hydrogens (primary N) is 1. The van der Waals surface area contributed by atoms with Gasteiger partial charge in [0.15, 0.2) is 11.5 Å². The third-order valence-corrected chi connectivity index (χ3v) is 4.62. The Kier molecular flexibility index (Phi) is 5.13. The minimum atomic E-state index is -0.0362. The number of benzene rings is 2. The Labute approximate surface area is 158 Å². The molecule has 0 radical (unpaired) electrons. The van der Waals surface area contributed by atoms with Gasteiger partial charge in [0.25, 0.3) is 0 Å². The number of nitrogen functional groups attached to an aromatic ring is 1. The molecule has 1 saturated carbocycles. The number of fused-ring (bicyclic) bond motifs is 1. The van der Waals surface area contributed by atoms with Gasteiger partial charge in [-0.05, 0) is 48.2 Å². The molecule has 0 aromatic heterocycles. The number of amides is 1. The molecule has 26 heavy (non-hydrogen) atoms. The normalized spacial score (nSPS) is 19.9. The molecule has 2 unspecified atom stereocenters. The third kappa shape index (κ3) is 3.51. The first-order valence-electron chi connectivity index (χ1n) is 8.29. The predicted octanol–water partition coefficient (Wildman–Crippen LogP) is 3.21. The van der Waals surface area contributed by atoms with Gasteiger partial charge in [-0.2, -0.15) is 0 Å². The molecule has 3 N–H and O–H groups in total. The highest BCUT2D eigenvalue weighted by atomic mass is 35.5. The standard InChI is InChI=1S/C19H20N2O4.ClH/c1-23-16-5-3-12(9-15(16)20)21-19(22)14-10-13(14)11-2-4-17-18(8-11)25-7-6-24-17;/h2-5,8-9,13-14H,6-7,10,20H2,1H3,(H,21,22);1H. The summed E-state index contributed by atoms with van der Waals surface area (Å²) in [5.41, 5.74) is 8.17. The van der Waals surface area contributed by atoms with Gasteiger partial charge >= 0.3 is 0 Å². The van der Waals surface area contributed by atoms with Gasteiger partial charge in [-0.25, -0.2) is 0 Å². The second kappa shape index (κ2) is 7.33. The summed E-state index contributed by atoms with van der Waals surface area (Å²) in [6.07, 6.45) is 0.830. The number of hydrogen-bond donors (Lipinski definition) is 2. The molecule has 1 amide bonds. The van der Waals surface area contributed by atoms with E-state index >= 15 is 0 Å². The molecule has 0 saturated heterocycles. The molecule has 2 aliphatic rings. The molecule has 1 heterocycles. The molecule has 1 aliphatic carbocycles. The molecule has 2 atom stereocenters. The smallest absolute Gasteiger partial charge is 0.228 e. The summed E-state index contributed by atoms with van der Waals surface area (Å²) in [5.74, 6) is 2.31. The van der Waals surface area contributed by atoms with Crippen LogP contribution in [0.25, 0.3) is 0 Å². The van der Waals surface area contributed by atoms with Crippen molar-refractivity contribution in [2.24, 2.45) is 5.92 Å². The van der Waals surface area contributed by atoms with Crippen molar-refractivity contribution in [3.05, 3.63) is 42.0 Å². The van der Waals surface area contributed by atoms with Gasteiger partial charge in [0.2, 0.25) is 5.91 Å². The summed E-state index contributed by atoms with van der Waals surface area (Å²) in [4.78, 5) is 12.5. The predicted molar refractivity (Wildman–Crippen MR) is 102 cm³/mol. The Morgan fingerprint density at radius 3 is 2.65 bits per heavy atom. The average molecular weight is 377 g/mol. The van der Waals surface area contributed by atoms with Crippen LogP contribution in [0.1, 0.15) is 17.9 Å². The number of carbonyl (C=O) groups is 1. The Balaban J connectivity index is 0.00000196. The van der Waals surface area contributed by atoms with Crippen LogP contribution in [0.2, 0.25) is 0 Å². The first-order valence-corrected chi connectivity index (χ1v) is 8.29. The molecule has 138 valence electrons. The fourth-order valence-electron chi connectivity index (χ4n) is 3.19. The number of nitrogens with one attached hydrogen (secondary N) is 1. The van der Waals surface area contributed by atoms with E-state index in [0.29, 0.717) is 30.3 Å². The molecule has 1 aliphatic heterocycles. The van der Waals surface area contributed by atoms with Crippen LogP contribution in [-0.2, 0) is 4.79 Å². The summed E-state index contributed by atoms with van der Waals surface area (Å²) in [7, 11) is 1.56. The second-order valence-corrected chi connectivity index (χ2v) is 6.30. The van der Waals surface area contributed by atoms with E-state index in [0.717, 1.165) is 23.5 Å². The lowest BCUT2D eigenvalue weighted by molar-refractivity contribution is -0.117. The number of carbonyl (C=O) groups excluding carboxylic acids is 1. The van der Waals surface area contributed by atoms with Crippen molar-refractivity contribution < 1.29 is 19.0 Å². The minimum absolute atomic E-state index is 0. The fourth-order valence-corrected chi connectivity index (χ4v) is 3.19. The van der Waals surface area contributed by atoms with Crippen molar-refractivity contribution >= 4 is 29.7 Å². The topological polar surface area (TPSA) is 82.8 Å². The van der Waals surface area contributed by atoms with Crippen molar-refractivity contribution in [1.29, 1.82) is 0 Å². The van der Waals surface area contributed by atoms with Crippen LogP contribution in [0.3, 0.4) is 0 Å². The molecular weight excluding hydrogens is 356 g/mol. The minimum Gasteiger partial charge on any atom is -0.495 e. The Morgan fingerprint density at radius 2 is 1.92 bits per heavy atom. The first kappa shape index (κ1) is 18.2. The van der Waals surface area contributed by atoms with E-state index in [2.05, 4.69) is 5.32 Å². The van der Waals surface area contributed by atoms with Gasteiger partial charge in [-0.1, -0.05) is 6.07 Å². The molecule has 7 heteroatoms. The van der Waals surface area contributed by atoms with Crippen molar-refractivity contribution in [3.63, 3.8) is 0 Å². The van der Waals surface area contributed by atoms with E-state index in [-0.39, 0.29) is 30.2 Å². The first-order chi connectivity index (χ1) is 12.2. The number of rotatable bonds is 4. The van der Waals surface area contributed by atoms with Gasteiger partial charge < -0.3 is 25.3 Å². The largest absolute Gasteiger partial charge is 0.495 e. The van der Waals surface area contributed by atoms with E-state index in [1.165, 1.54) is 0 Å². The number of methoxy groups -OCH3 is 1. The highest BCUT2D eigenvalue weighted by Crippen LogP contribution is 2.49. The molecule has 4 rings (SSSR count). The van der Waals surface area contributed by atoms with Gasteiger partial charge in [0.1, 0.15) is 19.0 Å². The zero-order valence-corrected chi connectivity index (χ0v) is 15.2. The lowest BCUT2D eigenvalue weighted by Gasteiger charge is -2.18. The quantitative estimate of drug-likeness (QED) is 0.800. The lowest BCUT2D eigenvalue weighted by Crippen LogP contribution is -2.16. The fraction of sp³-hybridized carbons (Fsp3) is 0.316. The molecule has 6 nitrogen and oxygen atoms in total. The molecule has 2 aromatic carbocycles. The Morgan fingerprint density at radius 1 is 1.15 bits per heavy atom. The Bertz CT molecular complexity index is 827. The monoisotopic (exact) mass is 376 g/mol. The number of hydrogen-bond acceptors (Lipinski definition) is 5. The van der Waals surface area contributed by atoms with Gasteiger partial charge in [-0.15, -0.1) is 12.4 Å². The summed E-state index contributed by atoms with van der Waals surface area (Å²) >= 11 is 0. The van der Waals surface area contributed by atoms with Crippen LogP contribution in [0.4, 0.5) is 11.4 Å². The van der Waals surface area contributed by atoms with Gasteiger partial charge in [0.05, 0.1) is 12.8 Å².